The molecular weight excluding hydrogens is 356 g/mol. The van der Waals surface area contributed by atoms with E-state index in [2.05, 4.69) is 10.0 Å². The van der Waals surface area contributed by atoms with Crippen molar-refractivity contribution in [2.24, 2.45) is 0 Å². The van der Waals surface area contributed by atoms with E-state index in [9.17, 15) is 18.0 Å². The second kappa shape index (κ2) is 8.01. The minimum Gasteiger partial charge on any atom is -0.452 e. The van der Waals surface area contributed by atoms with Gasteiger partial charge in [-0.1, -0.05) is 6.07 Å². The van der Waals surface area contributed by atoms with E-state index in [1.165, 1.54) is 37.4 Å². The number of ether oxygens (including phenoxy) is 1. The summed E-state index contributed by atoms with van der Waals surface area (Å²) < 4.78 is 32.2. The van der Waals surface area contributed by atoms with E-state index in [-0.39, 0.29) is 17.1 Å². The third kappa shape index (κ3) is 4.82. The van der Waals surface area contributed by atoms with E-state index in [1.807, 2.05) is 13.8 Å². The fraction of sp³-hybridized carbons (Fsp3) is 0.222. The third-order valence-corrected chi connectivity index (χ3v) is 5.15. The van der Waals surface area contributed by atoms with Crippen molar-refractivity contribution >= 4 is 27.6 Å². The number of carbonyl (C=O) groups is 2. The number of hydrogen-bond donors (Lipinski definition) is 2. The monoisotopic (exact) mass is 376 g/mol. The summed E-state index contributed by atoms with van der Waals surface area (Å²) in [5.41, 5.74) is 2.40. The van der Waals surface area contributed by atoms with Crippen LogP contribution in [-0.2, 0) is 19.6 Å². The first kappa shape index (κ1) is 19.5. The maximum Gasteiger partial charge on any atom is 0.338 e. The van der Waals surface area contributed by atoms with Crippen molar-refractivity contribution in [2.75, 3.05) is 18.4 Å². The minimum absolute atomic E-state index is 0.162. The second-order valence-electron chi connectivity index (χ2n) is 5.68. The van der Waals surface area contributed by atoms with Crippen molar-refractivity contribution in [3.63, 3.8) is 0 Å². The quantitative estimate of drug-likeness (QED) is 0.751. The lowest BCUT2D eigenvalue weighted by atomic mass is 10.1. The van der Waals surface area contributed by atoms with E-state index < -0.39 is 21.9 Å². The van der Waals surface area contributed by atoms with Crippen molar-refractivity contribution in [3.05, 3.63) is 59.2 Å². The van der Waals surface area contributed by atoms with Crippen LogP contribution in [0.1, 0.15) is 21.5 Å². The minimum atomic E-state index is -3.73. The Labute approximate surface area is 152 Å². The van der Waals surface area contributed by atoms with Gasteiger partial charge in [-0.25, -0.2) is 13.2 Å². The van der Waals surface area contributed by atoms with Crippen molar-refractivity contribution in [1.29, 1.82) is 0 Å². The Kier molecular flexibility index (Phi) is 5.99. The van der Waals surface area contributed by atoms with E-state index in [1.54, 1.807) is 12.1 Å². The second-order valence-corrected chi connectivity index (χ2v) is 7.36. The highest BCUT2D eigenvalue weighted by atomic mass is 32.2. The predicted molar refractivity (Wildman–Crippen MR) is 97.5 cm³/mol. The number of esters is 1. The Morgan fingerprint density at radius 3 is 2.23 bits per heavy atom. The fourth-order valence-corrected chi connectivity index (χ4v) is 3.20. The molecule has 1 amide bonds. The van der Waals surface area contributed by atoms with Gasteiger partial charge in [-0.3, -0.25) is 9.52 Å². The Hall–Kier alpha value is -2.87. The molecule has 8 heteroatoms. The number of rotatable bonds is 6. The Balaban J connectivity index is 2.09. The van der Waals surface area contributed by atoms with E-state index in [0.717, 1.165) is 11.1 Å². The summed E-state index contributed by atoms with van der Waals surface area (Å²) in [5, 5.41) is 2.34. The standard InChI is InChI=1S/C18H20N2O5S/c1-12-4-9-16(10-13(12)2)26(23,24)20-15-7-5-14(6-8-15)18(22)25-11-17(21)19-3/h4-10,20H,11H2,1-3H3,(H,19,21). The molecule has 7 nitrogen and oxygen atoms in total. The van der Waals surface area contributed by atoms with Gasteiger partial charge in [0.15, 0.2) is 6.61 Å². The summed E-state index contributed by atoms with van der Waals surface area (Å²) in [6.45, 7) is 3.37. The first-order valence-corrected chi connectivity index (χ1v) is 9.29. The first-order chi connectivity index (χ1) is 12.2. The molecule has 2 N–H and O–H groups in total. The molecule has 0 fully saturated rings. The van der Waals surface area contributed by atoms with Crippen LogP contribution >= 0.6 is 0 Å². The number of likely N-dealkylation sites (N-methyl/N-ethyl adjacent to an activating group) is 1. The molecular formula is C18H20N2O5S. The highest BCUT2D eigenvalue weighted by Crippen LogP contribution is 2.19. The Morgan fingerprint density at radius 1 is 1.00 bits per heavy atom. The maximum atomic E-state index is 12.4. The molecule has 2 rings (SSSR count). The van der Waals surface area contributed by atoms with Crippen LogP contribution < -0.4 is 10.0 Å². The molecule has 138 valence electrons. The molecule has 0 saturated carbocycles. The molecule has 0 atom stereocenters. The fourth-order valence-electron chi connectivity index (χ4n) is 2.06. The topological polar surface area (TPSA) is 102 Å². The van der Waals surface area contributed by atoms with Gasteiger partial charge < -0.3 is 10.1 Å². The molecule has 2 aromatic rings. The molecule has 2 aromatic carbocycles. The first-order valence-electron chi connectivity index (χ1n) is 7.81. The number of hydrogen-bond acceptors (Lipinski definition) is 5. The molecule has 0 aliphatic rings. The zero-order valence-corrected chi connectivity index (χ0v) is 15.5. The summed E-state index contributed by atoms with van der Waals surface area (Å²) in [5.74, 6) is -1.09. The molecule has 0 bridgehead atoms. The van der Waals surface area contributed by atoms with Gasteiger partial charge in [0, 0.05) is 12.7 Å². The van der Waals surface area contributed by atoms with Gasteiger partial charge in [-0.2, -0.15) is 0 Å². The van der Waals surface area contributed by atoms with Gasteiger partial charge >= 0.3 is 5.97 Å². The van der Waals surface area contributed by atoms with Crippen LogP contribution in [-0.4, -0.2) is 33.9 Å². The molecule has 0 aliphatic carbocycles. The molecule has 0 aromatic heterocycles. The van der Waals surface area contributed by atoms with Gasteiger partial charge in [-0.15, -0.1) is 0 Å². The van der Waals surface area contributed by atoms with Gasteiger partial charge in [0.25, 0.3) is 15.9 Å². The largest absolute Gasteiger partial charge is 0.452 e. The molecule has 26 heavy (non-hydrogen) atoms. The number of amides is 1. The van der Waals surface area contributed by atoms with Crippen molar-refractivity contribution in [3.8, 4) is 0 Å². The summed E-state index contributed by atoms with van der Waals surface area (Å²) in [6, 6.07) is 10.6. The van der Waals surface area contributed by atoms with Gasteiger partial charge in [-0.05, 0) is 61.4 Å². The van der Waals surface area contributed by atoms with Gasteiger partial charge in [0.2, 0.25) is 0 Å². The van der Waals surface area contributed by atoms with Crippen molar-refractivity contribution in [2.45, 2.75) is 18.7 Å². The summed E-state index contributed by atoms with van der Waals surface area (Å²) in [7, 11) is -2.29. The van der Waals surface area contributed by atoms with Crippen LogP contribution in [0.4, 0.5) is 5.69 Å². The van der Waals surface area contributed by atoms with Crippen LogP contribution in [0.15, 0.2) is 47.4 Å². The van der Waals surface area contributed by atoms with Crippen LogP contribution in [0.3, 0.4) is 0 Å². The number of sulfonamides is 1. The maximum absolute atomic E-state index is 12.4. The van der Waals surface area contributed by atoms with Crippen molar-refractivity contribution < 1.29 is 22.7 Å². The number of aryl methyl sites for hydroxylation is 2. The summed E-state index contributed by atoms with van der Waals surface area (Å²) in [6.07, 6.45) is 0. The average molecular weight is 376 g/mol. The molecule has 0 radical (unpaired) electrons. The van der Waals surface area contributed by atoms with E-state index in [4.69, 9.17) is 4.74 Å². The van der Waals surface area contributed by atoms with Gasteiger partial charge in [0.05, 0.1) is 10.5 Å². The Bertz CT molecular complexity index is 921. The van der Waals surface area contributed by atoms with Crippen LogP contribution in [0, 0.1) is 13.8 Å². The SMILES string of the molecule is CNC(=O)COC(=O)c1ccc(NS(=O)(=O)c2ccc(C)c(C)c2)cc1. The van der Waals surface area contributed by atoms with E-state index >= 15 is 0 Å². The number of benzene rings is 2. The number of carbonyl (C=O) groups excluding carboxylic acids is 2. The molecule has 0 aliphatic heterocycles. The lowest BCUT2D eigenvalue weighted by molar-refractivity contribution is -0.123. The number of anilines is 1. The molecule has 0 saturated heterocycles. The lowest BCUT2D eigenvalue weighted by Gasteiger charge is -2.10. The zero-order valence-electron chi connectivity index (χ0n) is 14.7. The zero-order chi connectivity index (χ0) is 19.3. The molecule has 0 spiro atoms. The summed E-state index contributed by atoms with van der Waals surface area (Å²) in [4.78, 5) is 23.0. The highest BCUT2D eigenvalue weighted by Gasteiger charge is 2.15. The predicted octanol–water partition coefficient (Wildman–Crippen LogP) is 2.01. The average Bonchev–Trinajstić information content (AvgIpc) is 2.61. The molecule has 0 heterocycles. The van der Waals surface area contributed by atoms with E-state index in [0.29, 0.717) is 5.69 Å². The number of nitrogens with one attached hydrogen (secondary N) is 2. The summed E-state index contributed by atoms with van der Waals surface area (Å²) >= 11 is 0. The van der Waals surface area contributed by atoms with Crippen molar-refractivity contribution in [1.82, 2.24) is 5.32 Å². The molecule has 0 unspecified atom stereocenters. The lowest BCUT2D eigenvalue weighted by Crippen LogP contribution is -2.25. The highest BCUT2D eigenvalue weighted by molar-refractivity contribution is 7.92. The third-order valence-electron chi connectivity index (χ3n) is 3.77. The smallest absolute Gasteiger partial charge is 0.338 e. The van der Waals surface area contributed by atoms with Crippen LogP contribution in [0.5, 0.6) is 0 Å². The Morgan fingerprint density at radius 2 is 1.65 bits per heavy atom. The van der Waals surface area contributed by atoms with Gasteiger partial charge in [0.1, 0.15) is 0 Å². The van der Waals surface area contributed by atoms with Crippen LogP contribution in [0.25, 0.3) is 0 Å². The van der Waals surface area contributed by atoms with Crippen LogP contribution in [0.2, 0.25) is 0 Å². The normalized spacial score (nSPS) is 10.9.